The van der Waals surface area contributed by atoms with E-state index in [0.717, 1.165) is 23.9 Å². The van der Waals surface area contributed by atoms with Gasteiger partial charge < -0.3 is 10.6 Å². The summed E-state index contributed by atoms with van der Waals surface area (Å²) in [7, 11) is 0. The number of nitrogens with zero attached hydrogens (tertiary/aromatic N) is 1. The standard InChI is InChI=1S/C14H17BrN2O/c15-12-3-1-11(2-4-12)14(5-6-14)17-9-10(8-16)7-13(17)18/h1-4,10H,5-9,16H2. The monoisotopic (exact) mass is 308 g/mol. The van der Waals surface area contributed by atoms with Gasteiger partial charge in [0.05, 0.1) is 5.54 Å². The van der Waals surface area contributed by atoms with E-state index in [4.69, 9.17) is 5.73 Å². The van der Waals surface area contributed by atoms with Crippen molar-refractivity contribution in [2.45, 2.75) is 24.8 Å². The maximum absolute atomic E-state index is 12.1. The lowest BCUT2D eigenvalue weighted by Gasteiger charge is -2.28. The van der Waals surface area contributed by atoms with Gasteiger partial charge in [0.25, 0.3) is 0 Å². The Bertz CT molecular complexity index is 467. The van der Waals surface area contributed by atoms with Gasteiger partial charge in [-0.15, -0.1) is 0 Å². The highest BCUT2D eigenvalue weighted by molar-refractivity contribution is 9.10. The number of rotatable bonds is 3. The number of carbonyl (C=O) groups is 1. The van der Waals surface area contributed by atoms with Crippen LogP contribution in [0, 0.1) is 5.92 Å². The molecule has 1 aromatic rings. The summed E-state index contributed by atoms with van der Waals surface area (Å²) < 4.78 is 1.08. The van der Waals surface area contributed by atoms with E-state index in [1.807, 2.05) is 0 Å². The Hall–Kier alpha value is -0.870. The molecule has 3 rings (SSSR count). The molecule has 1 aliphatic heterocycles. The Morgan fingerprint density at radius 2 is 2.00 bits per heavy atom. The Labute approximate surface area is 115 Å². The normalized spacial score (nSPS) is 25.6. The largest absolute Gasteiger partial charge is 0.333 e. The first kappa shape index (κ1) is 12.2. The van der Waals surface area contributed by atoms with Crippen molar-refractivity contribution in [3.8, 4) is 0 Å². The molecule has 2 fully saturated rings. The summed E-state index contributed by atoms with van der Waals surface area (Å²) in [5, 5.41) is 0. The van der Waals surface area contributed by atoms with Crippen molar-refractivity contribution in [2.75, 3.05) is 13.1 Å². The molecule has 0 spiro atoms. The van der Waals surface area contributed by atoms with Crippen LogP contribution in [0.2, 0.25) is 0 Å². The summed E-state index contributed by atoms with van der Waals surface area (Å²) in [6.45, 7) is 1.43. The first-order valence-electron chi connectivity index (χ1n) is 6.42. The van der Waals surface area contributed by atoms with Crippen LogP contribution in [-0.2, 0) is 10.3 Å². The quantitative estimate of drug-likeness (QED) is 0.931. The molecular weight excluding hydrogens is 292 g/mol. The van der Waals surface area contributed by atoms with Crippen LogP contribution in [-0.4, -0.2) is 23.9 Å². The molecule has 0 aromatic heterocycles. The third kappa shape index (κ3) is 1.88. The lowest BCUT2D eigenvalue weighted by Crippen LogP contribution is -2.37. The zero-order chi connectivity index (χ0) is 12.8. The number of benzene rings is 1. The van der Waals surface area contributed by atoms with Crippen LogP contribution < -0.4 is 5.73 Å². The van der Waals surface area contributed by atoms with Crippen molar-refractivity contribution in [1.82, 2.24) is 4.90 Å². The molecule has 1 aromatic carbocycles. The summed E-state index contributed by atoms with van der Waals surface area (Å²) in [5.74, 6) is 0.608. The minimum atomic E-state index is -0.0261. The van der Waals surface area contributed by atoms with Crippen LogP contribution in [0.25, 0.3) is 0 Å². The maximum Gasteiger partial charge on any atom is 0.223 e. The third-order valence-corrected chi connectivity index (χ3v) is 4.69. The van der Waals surface area contributed by atoms with Gasteiger partial charge in [-0.2, -0.15) is 0 Å². The predicted octanol–water partition coefficient (Wildman–Crippen LogP) is 2.25. The SMILES string of the molecule is NCC1CC(=O)N(C2(c3ccc(Br)cc3)CC2)C1. The van der Waals surface area contributed by atoms with Gasteiger partial charge >= 0.3 is 0 Å². The van der Waals surface area contributed by atoms with Gasteiger partial charge in [0.15, 0.2) is 0 Å². The highest BCUT2D eigenvalue weighted by Gasteiger charge is 2.53. The van der Waals surface area contributed by atoms with E-state index in [2.05, 4.69) is 45.1 Å². The Kier molecular flexibility index (Phi) is 2.94. The topological polar surface area (TPSA) is 46.3 Å². The molecule has 0 bridgehead atoms. The van der Waals surface area contributed by atoms with Gasteiger partial charge in [-0.3, -0.25) is 4.79 Å². The summed E-state index contributed by atoms with van der Waals surface area (Å²) in [6.07, 6.45) is 2.78. The molecule has 1 unspecified atom stereocenters. The summed E-state index contributed by atoms with van der Waals surface area (Å²) in [6, 6.07) is 8.35. The van der Waals surface area contributed by atoms with Gasteiger partial charge in [0.1, 0.15) is 0 Å². The van der Waals surface area contributed by atoms with Gasteiger partial charge in [0.2, 0.25) is 5.91 Å². The highest BCUT2D eigenvalue weighted by atomic mass is 79.9. The first-order chi connectivity index (χ1) is 8.65. The fraction of sp³-hybridized carbons (Fsp3) is 0.500. The van der Waals surface area contributed by atoms with E-state index in [-0.39, 0.29) is 11.4 Å². The van der Waals surface area contributed by atoms with Crippen molar-refractivity contribution < 1.29 is 4.79 Å². The Morgan fingerprint density at radius 3 is 2.50 bits per heavy atom. The average molecular weight is 309 g/mol. The second kappa shape index (κ2) is 4.35. The van der Waals surface area contributed by atoms with Crippen LogP contribution >= 0.6 is 15.9 Å². The number of halogens is 1. The first-order valence-corrected chi connectivity index (χ1v) is 7.21. The van der Waals surface area contributed by atoms with Crippen LogP contribution in [0.4, 0.5) is 0 Å². The zero-order valence-electron chi connectivity index (χ0n) is 10.2. The average Bonchev–Trinajstić information content (AvgIpc) is 3.08. The number of hydrogen-bond acceptors (Lipinski definition) is 2. The van der Waals surface area contributed by atoms with Gasteiger partial charge in [0, 0.05) is 17.4 Å². The Balaban J connectivity index is 1.87. The molecule has 2 N–H and O–H groups in total. The van der Waals surface area contributed by atoms with Crippen molar-refractivity contribution in [3.63, 3.8) is 0 Å². The predicted molar refractivity (Wildman–Crippen MR) is 73.9 cm³/mol. The van der Waals surface area contributed by atoms with Crippen molar-refractivity contribution in [2.24, 2.45) is 11.7 Å². The van der Waals surface area contributed by atoms with E-state index in [0.29, 0.717) is 18.9 Å². The summed E-state index contributed by atoms with van der Waals surface area (Å²) in [5.41, 5.74) is 6.93. The van der Waals surface area contributed by atoms with Crippen LogP contribution in [0.15, 0.2) is 28.7 Å². The van der Waals surface area contributed by atoms with E-state index >= 15 is 0 Å². The molecule has 18 heavy (non-hydrogen) atoms. The number of likely N-dealkylation sites (tertiary alicyclic amines) is 1. The molecule has 1 aliphatic carbocycles. The van der Waals surface area contributed by atoms with E-state index in [1.165, 1.54) is 5.56 Å². The molecule has 1 amide bonds. The fourth-order valence-corrected chi connectivity index (χ4v) is 3.21. The second-order valence-electron chi connectivity index (χ2n) is 5.35. The molecule has 96 valence electrons. The number of nitrogens with two attached hydrogens (primary N) is 1. The molecule has 0 radical (unpaired) electrons. The molecule has 2 aliphatic rings. The third-order valence-electron chi connectivity index (χ3n) is 4.16. The molecule has 1 heterocycles. The maximum atomic E-state index is 12.1. The lowest BCUT2D eigenvalue weighted by atomic mass is 10.0. The minimum absolute atomic E-state index is 0.0261. The van der Waals surface area contributed by atoms with Crippen molar-refractivity contribution in [3.05, 3.63) is 34.3 Å². The van der Waals surface area contributed by atoms with Gasteiger partial charge in [-0.05, 0) is 43.0 Å². The molecule has 1 saturated heterocycles. The smallest absolute Gasteiger partial charge is 0.223 e. The van der Waals surface area contributed by atoms with Crippen molar-refractivity contribution in [1.29, 1.82) is 0 Å². The summed E-state index contributed by atoms with van der Waals surface area (Å²) >= 11 is 3.45. The highest BCUT2D eigenvalue weighted by Crippen LogP contribution is 2.53. The Morgan fingerprint density at radius 1 is 1.33 bits per heavy atom. The van der Waals surface area contributed by atoms with E-state index < -0.39 is 0 Å². The number of carbonyl (C=O) groups excluding carboxylic acids is 1. The minimum Gasteiger partial charge on any atom is -0.333 e. The van der Waals surface area contributed by atoms with Gasteiger partial charge in [-0.1, -0.05) is 28.1 Å². The van der Waals surface area contributed by atoms with Crippen LogP contribution in [0.3, 0.4) is 0 Å². The fourth-order valence-electron chi connectivity index (χ4n) is 2.95. The van der Waals surface area contributed by atoms with Crippen molar-refractivity contribution >= 4 is 21.8 Å². The molecule has 1 saturated carbocycles. The molecule has 4 heteroatoms. The molecule has 3 nitrogen and oxygen atoms in total. The second-order valence-corrected chi connectivity index (χ2v) is 6.26. The molecular formula is C14H17BrN2O. The summed E-state index contributed by atoms with van der Waals surface area (Å²) in [4.78, 5) is 14.2. The lowest BCUT2D eigenvalue weighted by molar-refractivity contribution is -0.130. The van der Waals surface area contributed by atoms with Gasteiger partial charge in [-0.25, -0.2) is 0 Å². The van der Waals surface area contributed by atoms with Crippen LogP contribution in [0.1, 0.15) is 24.8 Å². The zero-order valence-corrected chi connectivity index (χ0v) is 11.8. The number of hydrogen-bond donors (Lipinski definition) is 1. The molecule has 1 atom stereocenters. The van der Waals surface area contributed by atoms with E-state index in [1.54, 1.807) is 0 Å². The number of amides is 1. The van der Waals surface area contributed by atoms with E-state index in [9.17, 15) is 4.79 Å². The van der Waals surface area contributed by atoms with Crippen LogP contribution in [0.5, 0.6) is 0 Å².